The number of aliphatic hydroxyl groups is 1. The number of hydrogen-bond donors (Lipinski definition) is 1. The molecule has 0 aromatic heterocycles. The van der Waals surface area contributed by atoms with Gasteiger partial charge in [0, 0.05) is 13.1 Å². The van der Waals surface area contributed by atoms with Crippen LogP contribution in [0.4, 0.5) is 0 Å². The van der Waals surface area contributed by atoms with Crippen LogP contribution in [0.15, 0.2) is 18.2 Å². The first-order valence-electron chi connectivity index (χ1n) is 5.98. The summed E-state index contributed by atoms with van der Waals surface area (Å²) >= 11 is 0. The van der Waals surface area contributed by atoms with Gasteiger partial charge in [-0.2, -0.15) is 0 Å². The fourth-order valence-corrected chi connectivity index (χ4v) is 2.46. The molecule has 0 radical (unpaired) electrons. The van der Waals surface area contributed by atoms with E-state index in [2.05, 4.69) is 11.9 Å². The highest BCUT2D eigenvalue weighted by Crippen LogP contribution is 2.39. The molecule has 0 aliphatic carbocycles. The van der Waals surface area contributed by atoms with Gasteiger partial charge in [0.2, 0.25) is 6.79 Å². The molecular weight excluding hydrogens is 218 g/mol. The van der Waals surface area contributed by atoms with E-state index in [1.165, 1.54) is 0 Å². The molecule has 2 aliphatic rings. The van der Waals surface area contributed by atoms with Gasteiger partial charge < -0.3 is 19.5 Å². The normalized spacial score (nSPS) is 22.7. The van der Waals surface area contributed by atoms with E-state index in [9.17, 15) is 5.11 Å². The topological polar surface area (TPSA) is 41.9 Å². The fourth-order valence-electron chi connectivity index (χ4n) is 2.46. The SMILES string of the molecule is CN1CCC(O)(c2ccc3c(c2)OCO3)CC1. The molecule has 1 aromatic carbocycles. The van der Waals surface area contributed by atoms with Gasteiger partial charge >= 0.3 is 0 Å². The number of rotatable bonds is 1. The predicted octanol–water partition coefficient (Wildman–Crippen LogP) is 1.33. The Kier molecular flexibility index (Phi) is 2.49. The molecule has 92 valence electrons. The third-order valence-corrected chi connectivity index (χ3v) is 3.72. The van der Waals surface area contributed by atoms with Gasteiger partial charge in [-0.1, -0.05) is 6.07 Å². The van der Waals surface area contributed by atoms with Gasteiger partial charge in [0.05, 0.1) is 5.60 Å². The van der Waals surface area contributed by atoms with Crippen molar-refractivity contribution in [3.05, 3.63) is 23.8 Å². The standard InChI is InChI=1S/C13H17NO3/c1-14-6-4-13(15,5-7-14)10-2-3-11-12(8-10)17-9-16-11/h2-3,8,15H,4-7,9H2,1H3. The summed E-state index contributed by atoms with van der Waals surface area (Å²) in [6.45, 7) is 2.12. The third-order valence-electron chi connectivity index (χ3n) is 3.72. The highest BCUT2D eigenvalue weighted by atomic mass is 16.7. The Hall–Kier alpha value is -1.26. The summed E-state index contributed by atoms with van der Waals surface area (Å²) in [5.41, 5.74) is 0.225. The Morgan fingerprint density at radius 2 is 1.88 bits per heavy atom. The van der Waals surface area contributed by atoms with Crippen molar-refractivity contribution in [2.75, 3.05) is 26.9 Å². The van der Waals surface area contributed by atoms with E-state index in [-0.39, 0.29) is 6.79 Å². The minimum absolute atomic E-state index is 0.278. The molecule has 4 heteroatoms. The molecule has 2 heterocycles. The molecule has 0 amide bonds. The molecule has 0 saturated carbocycles. The first-order valence-corrected chi connectivity index (χ1v) is 5.98. The second kappa shape index (κ2) is 3.89. The average molecular weight is 235 g/mol. The molecule has 0 bridgehead atoms. The van der Waals surface area contributed by atoms with E-state index in [0.29, 0.717) is 0 Å². The number of hydrogen-bond acceptors (Lipinski definition) is 4. The van der Waals surface area contributed by atoms with Crippen LogP contribution in [0.3, 0.4) is 0 Å². The second-order valence-electron chi connectivity index (χ2n) is 4.90. The first kappa shape index (κ1) is 10.9. The van der Waals surface area contributed by atoms with Gasteiger partial charge in [-0.05, 0) is 37.6 Å². The van der Waals surface area contributed by atoms with Crippen LogP contribution in [-0.4, -0.2) is 36.9 Å². The number of piperidine rings is 1. The van der Waals surface area contributed by atoms with Gasteiger partial charge in [0.25, 0.3) is 0 Å². The summed E-state index contributed by atoms with van der Waals surface area (Å²) < 4.78 is 10.6. The highest BCUT2D eigenvalue weighted by Gasteiger charge is 2.34. The van der Waals surface area contributed by atoms with Crippen LogP contribution < -0.4 is 9.47 Å². The average Bonchev–Trinajstić information content (AvgIpc) is 2.80. The minimum Gasteiger partial charge on any atom is -0.454 e. The second-order valence-corrected chi connectivity index (χ2v) is 4.90. The lowest BCUT2D eigenvalue weighted by atomic mass is 9.84. The molecule has 0 unspecified atom stereocenters. The molecule has 0 atom stereocenters. The zero-order valence-corrected chi connectivity index (χ0v) is 9.98. The Morgan fingerprint density at radius 3 is 2.65 bits per heavy atom. The molecule has 17 heavy (non-hydrogen) atoms. The van der Waals surface area contributed by atoms with Crippen LogP contribution in [0.25, 0.3) is 0 Å². The maximum Gasteiger partial charge on any atom is 0.231 e. The lowest BCUT2D eigenvalue weighted by molar-refractivity contribution is -0.0204. The van der Waals surface area contributed by atoms with E-state index in [4.69, 9.17) is 9.47 Å². The molecule has 4 nitrogen and oxygen atoms in total. The zero-order valence-electron chi connectivity index (χ0n) is 9.98. The van der Waals surface area contributed by atoms with Crippen LogP contribution in [0, 0.1) is 0 Å². The molecule has 3 rings (SSSR count). The van der Waals surface area contributed by atoms with Gasteiger partial charge in [0.15, 0.2) is 11.5 Å². The fraction of sp³-hybridized carbons (Fsp3) is 0.538. The summed E-state index contributed by atoms with van der Waals surface area (Å²) in [6.07, 6.45) is 1.53. The van der Waals surface area contributed by atoms with Crippen molar-refractivity contribution >= 4 is 0 Å². The Labute approximate surface area is 101 Å². The lowest BCUT2D eigenvalue weighted by Gasteiger charge is -2.36. The number of likely N-dealkylation sites (tertiary alicyclic amines) is 1. The van der Waals surface area contributed by atoms with Crippen molar-refractivity contribution in [1.82, 2.24) is 4.90 Å². The summed E-state index contributed by atoms with van der Waals surface area (Å²) in [6, 6.07) is 5.74. The maximum absolute atomic E-state index is 10.7. The van der Waals surface area contributed by atoms with E-state index >= 15 is 0 Å². The smallest absolute Gasteiger partial charge is 0.231 e. The van der Waals surface area contributed by atoms with Crippen molar-refractivity contribution in [3.63, 3.8) is 0 Å². The minimum atomic E-state index is -0.715. The number of nitrogens with zero attached hydrogens (tertiary/aromatic N) is 1. The van der Waals surface area contributed by atoms with Gasteiger partial charge in [-0.25, -0.2) is 0 Å². The van der Waals surface area contributed by atoms with Gasteiger partial charge in [-0.15, -0.1) is 0 Å². The molecule has 2 aliphatic heterocycles. The van der Waals surface area contributed by atoms with Crippen molar-refractivity contribution in [2.45, 2.75) is 18.4 Å². The molecule has 1 aromatic rings. The predicted molar refractivity (Wildman–Crippen MR) is 63.2 cm³/mol. The summed E-state index contributed by atoms with van der Waals surface area (Å²) in [5, 5.41) is 10.7. The largest absolute Gasteiger partial charge is 0.454 e. The van der Waals surface area contributed by atoms with Crippen LogP contribution >= 0.6 is 0 Å². The molecule has 0 spiro atoms. The summed E-state index contributed by atoms with van der Waals surface area (Å²) in [4.78, 5) is 2.24. The van der Waals surface area contributed by atoms with Crippen molar-refractivity contribution in [3.8, 4) is 11.5 Å². The Balaban J connectivity index is 1.88. The first-order chi connectivity index (χ1) is 8.17. The lowest BCUT2D eigenvalue weighted by Crippen LogP contribution is -2.40. The summed E-state index contributed by atoms with van der Waals surface area (Å²) in [7, 11) is 2.08. The quantitative estimate of drug-likeness (QED) is 0.797. The van der Waals surface area contributed by atoms with Gasteiger partial charge in [0.1, 0.15) is 0 Å². The van der Waals surface area contributed by atoms with Crippen molar-refractivity contribution in [1.29, 1.82) is 0 Å². The van der Waals surface area contributed by atoms with Crippen molar-refractivity contribution in [2.24, 2.45) is 0 Å². The van der Waals surface area contributed by atoms with E-state index in [1.807, 2.05) is 18.2 Å². The number of fused-ring (bicyclic) bond motifs is 1. The van der Waals surface area contributed by atoms with Crippen LogP contribution in [-0.2, 0) is 5.60 Å². The van der Waals surface area contributed by atoms with Gasteiger partial charge in [-0.3, -0.25) is 0 Å². The number of benzene rings is 1. The summed E-state index contributed by atoms with van der Waals surface area (Å²) in [5.74, 6) is 1.51. The van der Waals surface area contributed by atoms with E-state index < -0.39 is 5.60 Å². The number of ether oxygens (including phenoxy) is 2. The zero-order chi connectivity index (χ0) is 11.9. The van der Waals surface area contributed by atoms with E-state index in [1.54, 1.807) is 0 Å². The van der Waals surface area contributed by atoms with Crippen LogP contribution in [0.1, 0.15) is 18.4 Å². The molecule has 1 saturated heterocycles. The molecule has 1 N–H and O–H groups in total. The van der Waals surface area contributed by atoms with Crippen LogP contribution in [0.2, 0.25) is 0 Å². The third kappa shape index (κ3) is 1.87. The Morgan fingerprint density at radius 1 is 1.18 bits per heavy atom. The van der Waals surface area contributed by atoms with Crippen LogP contribution in [0.5, 0.6) is 11.5 Å². The highest BCUT2D eigenvalue weighted by molar-refractivity contribution is 5.46. The van der Waals surface area contributed by atoms with Crippen molar-refractivity contribution < 1.29 is 14.6 Å². The monoisotopic (exact) mass is 235 g/mol. The molecular formula is C13H17NO3. The maximum atomic E-state index is 10.7. The molecule has 1 fully saturated rings. The Bertz CT molecular complexity index is 425. The van der Waals surface area contributed by atoms with E-state index in [0.717, 1.165) is 43.0 Å².